The maximum atomic E-state index is 12.9. The van der Waals surface area contributed by atoms with E-state index in [-0.39, 0.29) is 23.9 Å². The Morgan fingerprint density at radius 1 is 1.18 bits per heavy atom. The Balaban J connectivity index is 1.41. The summed E-state index contributed by atoms with van der Waals surface area (Å²) in [6, 6.07) is 15.3. The van der Waals surface area contributed by atoms with Gasteiger partial charge in [0.2, 0.25) is 0 Å². The first-order valence-electron chi connectivity index (χ1n) is 9.65. The summed E-state index contributed by atoms with van der Waals surface area (Å²) >= 11 is 0. The van der Waals surface area contributed by atoms with Crippen LogP contribution in [0.5, 0.6) is 5.75 Å². The smallest absolute Gasteiger partial charge is 0.251 e. The summed E-state index contributed by atoms with van der Waals surface area (Å²) in [6.07, 6.45) is 1.67. The van der Waals surface area contributed by atoms with Gasteiger partial charge in [-0.2, -0.15) is 0 Å². The second-order valence-electron chi connectivity index (χ2n) is 6.97. The van der Waals surface area contributed by atoms with Gasteiger partial charge in [0.15, 0.2) is 0 Å². The summed E-state index contributed by atoms with van der Waals surface area (Å²) in [4.78, 5) is 14.7. The Labute approximate surface area is 165 Å². The van der Waals surface area contributed by atoms with Crippen molar-refractivity contribution in [2.24, 2.45) is 0 Å². The van der Waals surface area contributed by atoms with Gasteiger partial charge >= 0.3 is 0 Å². The van der Waals surface area contributed by atoms with E-state index in [1.807, 2.05) is 30.3 Å². The van der Waals surface area contributed by atoms with Crippen LogP contribution in [0, 0.1) is 5.82 Å². The quantitative estimate of drug-likeness (QED) is 0.709. The third-order valence-electron chi connectivity index (χ3n) is 5.00. The number of likely N-dealkylation sites (tertiary alicyclic amines) is 1. The third-order valence-corrected chi connectivity index (χ3v) is 5.00. The minimum absolute atomic E-state index is 0.00409. The first kappa shape index (κ1) is 20.3. The lowest BCUT2D eigenvalue weighted by Gasteiger charge is -2.38. The predicted molar refractivity (Wildman–Crippen MR) is 106 cm³/mol. The molecule has 28 heavy (non-hydrogen) atoms. The van der Waals surface area contributed by atoms with Crippen molar-refractivity contribution in [2.45, 2.75) is 25.0 Å². The van der Waals surface area contributed by atoms with Gasteiger partial charge in [0, 0.05) is 32.3 Å². The third kappa shape index (κ3) is 5.78. The molecule has 1 amide bonds. The van der Waals surface area contributed by atoms with Gasteiger partial charge in [-0.1, -0.05) is 18.2 Å². The average Bonchev–Trinajstić information content (AvgIpc) is 2.74. The van der Waals surface area contributed by atoms with Crippen LogP contribution in [0.25, 0.3) is 0 Å². The number of methoxy groups -OCH3 is 1. The van der Waals surface area contributed by atoms with E-state index >= 15 is 0 Å². The highest BCUT2D eigenvalue weighted by atomic mass is 19.1. The fraction of sp³-hybridized carbons (Fsp3) is 0.409. The van der Waals surface area contributed by atoms with E-state index in [0.717, 1.165) is 32.5 Å². The Bertz CT molecular complexity index is 739. The zero-order chi connectivity index (χ0) is 19.8. The van der Waals surface area contributed by atoms with Crippen molar-refractivity contribution in [3.05, 3.63) is 66.0 Å². The molecule has 150 valence electrons. The number of halogens is 1. The highest BCUT2D eigenvalue weighted by molar-refractivity contribution is 5.94. The lowest BCUT2D eigenvalue weighted by atomic mass is 10.0. The van der Waals surface area contributed by atoms with Gasteiger partial charge in [0.25, 0.3) is 5.91 Å². The number of rotatable bonds is 8. The molecule has 1 fully saturated rings. The number of ether oxygens (including phenoxy) is 2. The fourth-order valence-electron chi connectivity index (χ4n) is 3.44. The standard InChI is InChI=1S/C22H27FN2O3/c1-27-21-16-25(13-5-15-28-19-10-8-18(23)9-11-19)14-12-20(21)24-22(26)17-6-3-2-4-7-17/h2-4,6-11,20-21H,5,12-16H2,1H3,(H,24,26). The normalized spacial score (nSPS) is 19.9. The van der Waals surface area contributed by atoms with E-state index in [2.05, 4.69) is 10.2 Å². The van der Waals surface area contributed by atoms with Crippen molar-refractivity contribution in [3.63, 3.8) is 0 Å². The monoisotopic (exact) mass is 386 g/mol. The number of nitrogens with zero attached hydrogens (tertiary/aromatic N) is 1. The Morgan fingerprint density at radius 2 is 1.93 bits per heavy atom. The van der Waals surface area contributed by atoms with Crippen LogP contribution in [0.3, 0.4) is 0 Å². The fourth-order valence-corrected chi connectivity index (χ4v) is 3.44. The molecule has 6 heteroatoms. The summed E-state index contributed by atoms with van der Waals surface area (Å²) in [6.45, 7) is 3.14. The summed E-state index contributed by atoms with van der Waals surface area (Å²) < 4.78 is 24.2. The Morgan fingerprint density at radius 3 is 2.64 bits per heavy atom. The molecular weight excluding hydrogens is 359 g/mol. The van der Waals surface area contributed by atoms with E-state index in [1.165, 1.54) is 12.1 Å². The summed E-state index contributed by atoms with van der Waals surface area (Å²) in [5.41, 5.74) is 0.665. The van der Waals surface area contributed by atoms with E-state index in [9.17, 15) is 9.18 Å². The molecule has 1 saturated heterocycles. The molecule has 1 aliphatic heterocycles. The number of nitrogens with one attached hydrogen (secondary N) is 1. The van der Waals surface area contributed by atoms with Crippen molar-refractivity contribution in [1.29, 1.82) is 0 Å². The van der Waals surface area contributed by atoms with Crippen molar-refractivity contribution in [1.82, 2.24) is 10.2 Å². The van der Waals surface area contributed by atoms with E-state index in [1.54, 1.807) is 19.2 Å². The van der Waals surface area contributed by atoms with E-state index < -0.39 is 0 Å². The second-order valence-corrected chi connectivity index (χ2v) is 6.97. The zero-order valence-corrected chi connectivity index (χ0v) is 16.1. The second kappa shape index (κ2) is 10.2. The molecular formula is C22H27FN2O3. The number of amides is 1. The highest BCUT2D eigenvalue weighted by Gasteiger charge is 2.30. The van der Waals surface area contributed by atoms with Crippen LogP contribution in [0.1, 0.15) is 23.2 Å². The molecule has 2 aromatic rings. The van der Waals surface area contributed by atoms with Crippen LogP contribution >= 0.6 is 0 Å². The maximum Gasteiger partial charge on any atom is 0.251 e. The molecule has 2 unspecified atom stereocenters. The summed E-state index contributed by atoms with van der Waals surface area (Å²) in [7, 11) is 1.69. The number of benzene rings is 2. The van der Waals surface area contributed by atoms with E-state index in [4.69, 9.17) is 9.47 Å². The molecule has 0 bridgehead atoms. The van der Waals surface area contributed by atoms with Crippen LogP contribution in [0.4, 0.5) is 4.39 Å². The van der Waals surface area contributed by atoms with Crippen LogP contribution < -0.4 is 10.1 Å². The van der Waals surface area contributed by atoms with Gasteiger partial charge in [-0.05, 0) is 49.2 Å². The molecule has 0 aromatic heterocycles. The highest BCUT2D eigenvalue weighted by Crippen LogP contribution is 2.16. The van der Waals surface area contributed by atoms with Crippen LogP contribution in [-0.2, 0) is 4.74 Å². The minimum atomic E-state index is -0.264. The molecule has 0 spiro atoms. The molecule has 0 saturated carbocycles. The van der Waals surface area contributed by atoms with Crippen molar-refractivity contribution in [3.8, 4) is 5.75 Å². The van der Waals surface area contributed by atoms with Crippen LogP contribution in [-0.4, -0.2) is 56.3 Å². The van der Waals surface area contributed by atoms with Gasteiger partial charge < -0.3 is 19.7 Å². The Kier molecular flexibility index (Phi) is 7.39. The molecule has 0 aliphatic carbocycles. The van der Waals surface area contributed by atoms with Crippen molar-refractivity contribution < 1.29 is 18.7 Å². The van der Waals surface area contributed by atoms with Gasteiger partial charge in [-0.25, -0.2) is 4.39 Å². The molecule has 5 nitrogen and oxygen atoms in total. The largest absolute Gasteiger partial charge is 0.494 e. The molecule has 2 atom stereocenters. The molecule has 1 N–H and O–H groups in total. The number of carbonyl (C=O) groups is 1. The topological polar surface area (TPSA) is 50.8 Å². The number of hydrogen-bond acceptors (Lipinski definition) is 4. The average molecular weight is 386 g/mol. The lowest BCUT2D eigenvalue weighted by molar-refractivity contribution is 0.00530. The minimum Gasteiger partial charge on any atom is -0.494 e. The van der Waals surface area contributed by atoms with Gasteiger partial charge in [0.05, 0.1) is 18.8 Å². The number of carbonyl (C=O) groups excluding carboxylic acids is 1. The molecule has 0 radical (unpaired) electrons. The summed E-state index contributed by atoms with van der Waals surface area (Å²) in [5, 5.41) is 3.10. The van der Waals surface area contributed by atoms with Crippen molar-refractivity contribution >= 4 is 5.91 Å². The Hall–Kier alpha value is -2.44. The molecule has 3 rings (SSSR count). The van der Waals surface area contributed by atoms with Gasteiger partial charge in [-0.15, -0.1) is 0 Å². The predicted octanol–water partition coefficient (Wildman–Crippen LogP) is 3.11. The summed E-state index contributed by atoms with van der Waals surface area (Å²) in [5.74, 6) is 0.354. The van der Waals surface area contributed by atoms with E-state index in [0.29, 0.717) is 17.9 Å². The number of hydrogen-bond donors (Lipinski definition) is 1. The van der Waals surface area contributed by atoms with Gasteiger partial charge in [-0.3, -0.25) is 4.79 Å². The maximum absolute atomic E-state index is 12.9. The SMILES string of the molecule is COC1CN(CCCOc2ccc(F)cc2)CCC1NC(=O)c1ccccc1. The molecule has 1 heterocycles. The first-order valence-corrected chi connectivity index (χ1v) is 9.65. The van der Waals surface area contributed by atoms with Crippen molar-refractivity contribution in [2.75, 3.05) is 33.4 Å². The van der Waals surface area contributed by atoms with Gasteiger partial charge in [0.1, 0.15) is 11.6 Å². The molecule has 1 aliphatic rings. The zero-order valence-electron chi connectivity index (χ0n) is 16.1. The molecule has 2 aromatic carbocycles. The van der Waals surface area contributed by atoms with Crippen LogP contribution in [0.15, 0.2) is 54.6 Å². The lowest BCUT2D eigenvalue weighted by Crippen LogP contribution is -2.55. The van der Waals surface area contributed by atoms with Crippen LogP contribution in [0.2, 0.25) is 0 Å². The first-order chi connectivity index (χ1) is 13.7. The number of piperidine rings is 1.